The normalized spacial score (nSPS) is 17.9. The van der Waals surface area contributed by atoms with Crippen molar-refractivity contribution in [2.45, 2.75) is 6.92 Å². The Morgan fingerprint density at radius 2 is 1.94 bits per heavy atom. The predicted molar refractivity (Wildman–Crippen MR) is 67.4 cm³/mol. The maximum Gasteiger partial charge on any atom is 0.235 e. The van der Waals surface area contributed by atoms with E-state index in [2.05, 4.69) is 37.4 Å². The summed E-state index contributed by atoms with van der Waals surface area (Å²) < 4.78 is 2.07. The van der Waals surface area contributed by atoms with Crippen LogP contribution >= 0.6 is 0 Å². The largest absolute Gasteiger partial charge is 0.354 e. The van der Waals surface area contributed by atoms with Crippen molar-refractivity contribution in [2.24, 2.45) is 0 Å². The molecule has 0 N–H and O–H groups in total. The molecular formula is C12H17N5. The molecular weight excluding hydrogens is 214 g/mol. The van der Waals surface area contributed by atoms with E-state index in [0.717, 1.165) is 43.5 Å². The molecule has 2 aromatic heterocycles. The highest BCUT2D eigenvalue weighted by Gasteiger charge is 2.17. The molecule has 0 unspecified atom stereocenters. The van der Waals surface area contributed by atoms with E-state index in [9.17, 15) is 0 Å². The van der Waals surface area contributed by atoms with E-state index in [1.54, 1.807) is 0 Å². The van der Waals surface area contributed by atoms with E-state index in [1.165, 1.54) is 0 Å². The molecule has 3 rings (SSSR count). The van der Waals surface area contributed by atoms with Gasteiger partial charge in [-0.2, -0.15) is 0 Å². The van der Waals surface area contributed by atoms with Crippen molar-refractivity contribution in [3.05, 3.63) is 24.2 Å². The fraction of sp³-hybridized carbons (Fsp3) is 0.500. The van der Waals surface area contributed by atoms with Crippen molar-refractivity contribution in [1.82, 2.24) is 19.3 Å². The Balaban J connectivity index is 1.95. The van der Waals surface area contributed by atoms with Crippen LogP contribution < -0.4 is 4.90 Å². The molecule has 0 aromatic carbocycles. The third kappa shape index (κ3) is 1.86. The lowest BCUT2D eigenvalue weighted by molar-refractivity contribution is 0.312. The Hall–Kier alpha value is -1.62. The Labute approximate surface area is 101 Å². The molecule has 0 amide bonds. The highest BCUT2D eigenvalue weighted by atomic mass is 15.3. The van der Waals surface area contributed by atoms with Crippen molar-refractivity contribution in [1.29, 1.82) is 0 Å². The van der Waals surface area contributed by atoms with Gasteiger partial charge in [-0.1, -0.05) is 0 Å². The molecule has 0 aliphatic carbocycles. The van der Waals surface area contributed by atoms with Gasteiger partial charge in [0.25, 0.3) is 0 Å². The molecule has 5 heteroatoms. The van der Waals surface area contributed by atoms with Gasteiger partial charge >= 0.3 is 0 Å². The maximum absolute atomic E-state index is 4.42. The van der Waals surface area contributed by atoms with Crippen LogP contribution in [0.2, 0.25) is 0 Å². The van der Waals surface area contributed by atoms with Gasteiger partial charge in [-0.3, -0.25) is 4.40 Å². The molecule has 1 saturated heterocycles. The number of piperazine rings is 1. The SMILES string of the molecule is Cc1ccn2c(N3CCN(C)CC3)cnc2n1. The summed E-state index contributed by atoms with van der Waals surface area (Å²) >= 11 is 0. The molecule has 1 fully saturated rings. The first kappa shape index (κ1) is 10.5. The summed E-state index contributed by atoms with van der Waals surface area (Å²) in [5, 5.41) is 0. The smallest absolute Gasteiger partial charge is 0.235 e. The fourth-order valence-electron chi connectivity index (χ4n) is 2.22. The lowest BCUT2D eigenvalue weighted by atomic mass is 10.3. The molecule has 90 valence electrons. The van der Waals surface area contributed by atoms with Crippen LogP contribution in [0.3, 0.4) is 0 Å². The molecule has 5 nitrogen and oxygen atoms in total. The number of hydrogen-bond acceptors (Lipinski definition) is 4. The standard InChI is InChI=1S/C12H17N5/c1-10-3-4-17-11(9-13-12(17)14-10)16-7-5-15(2)6-8-16/h3-4,9H,5-8H2,1-2H3. The summed E-state index contributed by atoms with van der Waals surface area (Å²) in [5.74, 6) is 1.94. The minimum Gasteiger partial charge on any atom is -0.354 e. The van der Waals surface area contributed by atoms with E-state index in [4.69, 9.17) is 0 Å². The second kappa shape index (κ2) is 4.00. The van der Waals surface area contributed by atoms with Crippen molar-refractivity contribution in [3.8, 4) is 0 Å². The monoisotopic (exact) mass is 231 g/mol. The number of fused-ring (bicyclic) bond motifs is 1. The average Bonchev–Trinajstić information content (AvgIpc) is 2.73. The zero-order valence-corrected chi connectivity index (χ0v) is 10.3. The number of nitrogens with zero attached hydrogens (tertiary/aromatic N) is 5. The second-order valence-electron chi connectivity index (χ2n) is 4.65. The maximum atomic E-state index is 4.42. The van der Waals surface area contributed by atoms with Crippen LogP contribution in [0.1, 0.15) is 5.69 Å². The summed E-state index contributed by atoms with van der Waals surface area (Å²) in [6, 6.07) is 2.02. The zero-order chi connectivity index (χ0) is 11.8. The zero-order valence-electron chi connectivity index (χ0n) is 10.3. The van der Waals surface area contributed by atoms with Crippen LogP contribution in [0, 0.1) is 6.92 Å². The topological polar surface area (TPSA) is 36.7 Å². The Bertz CT molecular complexity index is 525. The van der Waals surface area contributed by atoms with Gasteiger partial charge in [0.1, 0.15) is 5.82 Å². The third-order valence-electron chi connectivity index (χ3n) is 3.33. The van der Waals surface area contributed by atoms with Gasteiger partial charge < -0.3 is 9.80 Å². The molecule has 0 spiro atoms. The lowest BCUT2D eigenvalue weighted by Crippen LogP contribution is -2.44. The number of likely N-dealkylation sites (N-methyl/N-ethyl adjacent to an activating group) is 1. The number of aryl methyl sites for hydroxylation is 1. The molecule has 0 atom stereocenters. The van der Waals surface area contributed by atoms with Gasteiger partial charge in [0.2, 0.25) is 5.78 Å². The van der Waals surface area contributed by atoms with E-state index in [0.29, 0.717) is 0 Å². The first-order valence-electron chi connectivity index (χ1n) is 5.98. The highest BCUT2D eigenvalue weighted by Crippen LogP contribution is 2.17. The van der Waals surface area contributed by atoms with Crippen molar-refractivity contribution < 1.29 is 0 Å². The minimum absolute atomic E-state index is 0.791. The number of anilines is 1. The first-order valence-corrected chi connectivity index (χ1v) is 5.98. The Morgan fingerprint density at radius 1 is 1.18 bits per heavy atom. The number of hydrogen-bond donors (Lipinski definition) is 0. The quantitative estimate of drug-likeness (QED) is 0.727. The van der Waals surface area contributed by atoms with Crippen molar-refractivity contribution in [2.75, 3.05) is 38.1 Å². The molecule has 2 aromatic rings. The van der Waals surface area contributed by atoms with Gasteiger partial charge in [0, 0.05) is 38.1 Å². The predicted octanol–water partition coefficient (Wildman–Crippen LogP) is 0.790. The van der Waals surface area contributed by atoms with Crippen molar-refractivity contribution in [3.63, 3.8) is 0 Å². The van der Waals surface area contributed by atoms with Crippen molar-refractivity contribution >= 4 is 11.6 Å². The molecule has 17 heavy (non-hydrogen) atoms. The lowest BCUT2D eigenvalue weighted by Gasteiger charge is -2.33. The van der Waals surface area contributed by atoms with E-state index in [1.807, 2.05) is 19.2 Å². The van der Waals surface area contributed by atoms with E-state index < -0.39 is 0 Å². The second-order valence-corrected chi connectivity index (χ2v) is 4.65. The summed E-state index contributed by atoms with van der Waals surface area (Å²) in [4.78, 5) is 13.5. The Kier molecular flexibility index (Phi) is 2.48. The fourth-order valence-corrected chi connectivity index (χ4v) is 2.22. The summed E-state index contributed by atoms with van der Waals surface area (Å²) in [6.07, 6.45) is 3.98. The van der Waals surface area contributed by atoms with Gasteiger partial charge in [-0.05, 0) is 20.0 Å². The van der Waals surface area contributed by atoms with Gasteiger partial charge in [0.05, 0.1) is 6.20 Å². The summed E-state index contributed by atoms with van der Waals surface area (Å²) in [7, 11) is 2.16. The molecule has 1 aliphatic rings. The summed E-state index contributed by atoms with van der Waals surface area (Å²) in [6.45, 7) is 6.31. The van der Waals surface area contributed by atoms with Gasteiger partial charge in [-0.25, -0.2) is 9.97 Å². The van der Waals surface area contributed by atoms with Crippen LogP contribution in [0.25, 0.3) is 5.78 Å². The first-order chi connectivity index (χ1) is 8.24. The molecule has 3 heterocycles. The van der Waals surface area contributed by atoms with Crippen LogP contribution in [0.15, 0.2) is 18.5 Å². The number of rotatable bonds is 1. The number of imidazole rings is 1. The average molecular weight is 231 g/mol. The number of aromatic nitrogens is 3. The van der Waals surface area contributed by atoms with Crippen LogP contribution in [-0.2, 0) is 0 Å². The van der Waals surface area contributed by atoms with Crippen LogP contribution in [0.5, 0.6) is 0 Å². The minimum atomic E-state index is 0.791. The van der Waals surface area contributed by atoms with E-state index >= 15 is 0 Å². The van der Waals surface area contributed by atoms with Crippen LogP contribution in [-0.4, -0.2) is 52.5 Å². The van der Waals surface area contributed by atoms with E-state index in [-0.39, 0.29) is 0 Å². The molecule has 1 aliphatic heterocycles. The highest BCUT2D eigenvalue weighted by molar-refractivity contribution is 5.48. The molecule has 0 radical (unpaired) electrons. The van der Waals surface area contributed by atoms with Gasteiger partial charge in [0.15, 0.2) is 0 Å². The van der Waals surface area contributed by atoms with Gasteiger partial charge in [-0.15, -0.1) is 0 Å². The third-order valence-corrected chi connectivity index (χ3v) is 3.33. The summed E-state index contributed by atoms with van der Waals surface area (Å²) in [5.41, 5.74) is 1.01. The van der Waals surface area contributed by atoms with Crippen LogP contribution in [0.4, 0.5) is 5.82 Å². The molecule has 0 saturated carbocycles. The Morgan fingerprint density at radius 3 is 2.71 bits per heavy atom. The molecule has 0 bridgehead atoms.